The van der Waals surface area contributed by atoms with Crippen molar-refractivity contribution in [3.63, 3.8) is 0 Å². The molecule has 1 atom stereocenters. The molecule has 5 N–H and O–H groups in total. The van der Waals surface area contributed by atoms with Gasteiger partial charge in [-0.2, -0.15) is 0 Å². The number of hydrogen-bond donors (Lipinski definition) is 3. The van der Waals surface area contributed by atoms with Crippen molar-refractivity contribution in [3.05, 3.63) is 54.4 Å². The monoisotopic (exact) mass is 353 g/mol. The fourth-order valence-corrected chi connectivity index (χ4v) is 2.67. The van der Waals surface area contributed by atoms with Crippen LogP contribution in [-0.4, -0.2) is 29.7 Å². The quantitative estimate of drug-likeness (QED) is 0.620. The summed E-state index contributed by atoms with van der Waals surface area (Å²) in [6.07, 6.45) is 0.486. The number of methoxy groups -OCH3 is 1. The van der Waals surface area contributed by atoms with E-state index in [0.717, 1.165) is 11.3 Å². The number of carbonyl (C=O) groups is 1. The minimum absolute atomic E-state index is 0.191. The summed E-state index contributed by atoms with van der Waals surface area (Å²) < 4.78 is 10.3. The Bertz CT molecular complexity index is 932. The Morgan fingerprint density at radius 1 is 1.23 bits per heavy atom. The summed E-state index contributed by atoms with van der Waals surface area (Å²) in [7, 11) is 1.61. The number of carbonyl (C=O) groups excluding carboxylic acids is 1. The van der Waals surface area contributed by atoms with E-state index in [9.17, 15) is 4.79 Å². The van der Waals surface area contributed by atoms with E-state index in [1.54, 1.807) is 19.2 Å². The Labute approximate surface area is 150 Å². The Balaban J connectivity index is 1.98. The molecular formula is C18H19N5O3. The fraction of sp³-hybridized carbons (Fsp3) is 0.167. The van der Waals surface area contributed by atoms with Gasteiger partial charge in [0, 0.05) is 11.9 Å². The zero-order chi connectivity index (χ0) is 18.5. The molecule has 0 aliphatic heterocycles. The van der Waals surface area contributed by atoms with Crippen LogP contribution in [0.25, 0.3) is 10.9 Å². The summed E-state index contributed by atoms with van der Waals surface area (Å²) in [4.78, 5) is 19.6. The van der Waals surface area contributed by atoms with Gasteiger partial charge in [-0.05, 0) is 29.8 Å². The lowest BCUT2D eigenvalue weighted by Crippen LogP contribution is -2.21. The van der Waals surface area contributed by atoms with Crippen LogP contribution in [0.15, 0.2) is 48.8 Å². The van der Waals surface area contributed by atoms with E-state index < -0.39 is 6.09 Å². The standard InChI is InChI=1S/C18H19N5O3/c1-25-12-5-2-4-11(8-12)14(9-19)23-17-13-6-3-7-15(26-18(20)24)16(13)21-10-22-17/h2-8,10,14H,9,19H2,1H3,(H2,20,24)(H,21,22,23). The highest BCUT2D eigenvalue weighted by Gasteiger charge is 2.15. The highest BCUT2D eigenvalue weighted by atomic mass is 16.5. The largest absolute Gasteiger partial charge is 0.497 e. The van der Waals surface area contributed by atoms with Gasteiger partial charge in [-0.25, -0.2) is 14.8 Å². The molecule has 0 spiro atoms. The number of benzene rings is 2. The second-order valence-corrected chi connectivity index (χ2v) is 5.50. The smallest absolute Gasteiger partial charge is 0.410 e. The lowest BCUT2D eigenvalue weighted by atomic mass is 10.1. The van der Waals surface area contributed by atoms with E-state index >= 15 is 0 Å². The van der Waals surface area contributed by atoms with Gasteiger partial charge in [0.15, 0.2) is 5.75 Å². The van der Waals surface area contributed by atoms with Crippen LogP contribution in [0, 0.1) is 0 Å². The predicted octanol–water partition coefficient (Wildman–Crippen LogP) is 2.21. The number of rotatable bonds is 6. The number of para-hydroxylation sites is 1. The normalized spacial score (nSPS) is 11.8. The van der Waals surface area contributed by atoms with Crippen LogP contribution in [0.5, 0.6) is 11.5 Å². The van der Waals surface area contributed by atoms with Crippen LogP contribution in [0.2, 0.25) is 0 Å². The number of ether oxygens (including phenoxy) is 2. The summed E-state index contributed by atoms with van der Waals surface area (Å²) in [5.74, 6) is 1.58. The van der Waals surface area contributed by atoms with E-state index in [4.69, 9.17) is 20.9 Å². The minimum Gasteiger partial charge on any atom is -0.497 e. The summed E-state index contributed by atoms with van der Waals surface area (Å²) in [6.45, 7) is 0.343. The highest BCUT2D eigenvalue weighted by Crippen LogP contribution is 2.30. The molecule has 3 aromatic rings. The summed E-state index contributed by atoms with van der Waals surface area (Å²) >= 11 is 0. The van der Waals surface area contributed by atoms with Crippen molar-refractivity contribution in [2.75, 3.05) is 19.0 Å². The molecule has 1 unspecified atom stereocenters. The first-order valence-corrected chi connectivity index (χ1v) is 7.94. The van der Waals surface area contributed by atoms with Crippen molar-refractivity contribution >= 4 is 22.8 Å². The van der Waals surface area contributed by atoms with Crippen molar-refractivity contribution < 1.29 is 14.3 Å². The Kier molecular flexibility index (Phi) is 5.14. The van der Waals surface area contributed by atoms with E-state index in [1.807, 2.05) is 30.3 Å². The number of amides is 1. The SMILES string of the molecule is COc1cccc(C(CN)Nc2ncnc3c(OC(N)=O)cccc23)c1. The van der Waals surface area contributed by atoms with Gasteiger partial charge >= 0.3 is 6.09 Å². The number of anilines is 1. The Hall–Kier alpha value is -3.39. The van der Waals surface area contributed by atoms with Crippen LogP contribution in [0.3, 0.4) is 0 Å². The number of fused-ring (bicyclic) bond motifs is 1. The lowest BCUT2D eigenvalue weighted by molar-refractivity contribution is 0.211. The molecule has 8 nitrogen and oxygen atoms in total. The van der Waals surface area contributed by atoms with Crippen molar-refractivity contribution in [2.24, 2.45) is 11.5 Å². The maximum absolute atomic E-state index is 11.1. The summed E-state index contributed by atoms with van der Waals surface area (Å²) in [6, 6.07) is 12.6. The van der Waals surface area contributed by atoms with E-state index in [-0.39, 0.29) is 11.8 Å². The number of nitrogens with one attached hydrogen (secondary N) is 1. The molecule has 26 heavy (non-hydrogen) atoms. The number of aromatic nitrogens is 2. The number of nitrogens with zero attached hydrogens (tertiary/aromatic N) is 2. The number of nitrogens with two attached hydrogens (primary N) is 2. The minimum atomic E-state index is -0.901. The Morgan fingerprint density at radius 2 is 2.04 bits per heavy atom. The molecule has 0 radical (unpaired) electrons. The number of primary amides is 1. The number of hydrogen-bond acceptors (Lipinski definition) is 7. The first-order valence-electron chi connectivity index (χ1n) is 7.94. The molecular weight excluding hydrogens is 334 g/mol. The molecule has 0 saturated carbocycles. The first kappa shape index (κ1) is 17.4. The third-order valence-electron chi connectivity index (χ3n) is 3.88. The van der Waals surface area contributed by atoms with E-state index in [1.165, 1.54) is 6.33 Å². The molecule has 8 heteroatoms. The maximum atomic E-state index is 11.1. The van der Waals surface area contributed by atoms with E-state index in [2.05, 4.69) is 15.3 Å². The zero-order valence-corrected chi connectivity index (χ0v) is 14.2. The molecule has 0 aliphatic rings. The molecule has 3 rings (SSSR count). The molecule has 1 heterocycles. The van der Waals surface area contributed by atoms with Crippen LogP contribution in [0.1, 0.15) is 11.6 Å². The highest BCUT2D eigenvalue weighted by molar-refractivity contribution is 5.94. The lowest BCUT2D eigenvalue weighted by Gasteiger charge is -2.19. The van der Waals surface area contributed by atoms with Gasteiger partial charge in [-0.1, -0.05) is 18.2 Å². The van der Waals surface area contributed by atoms with Crippen molar-refractivity contribution in [1.29, 1.82) is 0 Å². The summed E-state index contributed by atoms with van der Waals surface area (Å²) in [5, 5.41) is 4.00. The van der Waals surface area contributed by atoms with Crippen LogP contribution >= 0.6 is 0 Å². The first-order chi connectivity index (χ1) is 12.6. The maximum Gasteiger partial charge on any atom is 0.410 e. The molecule has 0 aliphatic carbocycles. The van der Waals surface area contributed by atoms with Crippen molar-refractivity contribution in [3.8, 4) is 11.5 Å². The molecule has 0 bridgehead atoms. The third kappa shape index (κ3) is 3.65. The molecule has 0 fully saturated rings. The van der Waals surface area contributed by atoms with Gasteiger partial charge in [-0.15, -0.1) is 0 Å². The van der Waals surface area contributed by atoms with Crippen molar-refractivity contribution in [2.45, 2.75) is 6.04 Å². The fourth-order valence-electron chi connectivity index (χ4n) is 2.67. The summed E-state index contributed by atoms with van der Waals surface area (Å²) in [5.41, 5.74) is 12.5. The predicted molar refractivity (Wildman–Crippen MR) is 98.2 cm³/mol. The van der Waals surface area contributed by atoms with E-state index in [0.29, 0.717) is 23.3 Å². The average Bonchev–Trinajstić information content (AvgIpc) is 2.66. The average molecular weight is 353 g/mol. The Morgan fingerprint density at radius 3 is 2.77 bits per heavy atom. The van der Waals surface area contributed by atoms with Gasteiger partial charge in [0.25, 0.3) is 0 Å². The van der Waals surface area contributed by atoms with Gasteiger partial charge < -0.3 is 26.3 Å². The van der Waals surface area contributed by atoms with Gasteiger partial charge in [0.1, 0.15) is 23.4 Å². The molecule has 134 valence electrons. The molecule has 0 saturated heterocycles. The second-order valence-electron chi connectivity index (χ2n) is 5.50. The second kappa shape index (κ2) is 7.66. The van der Waals surface area contributed by atoms with Gasteiger partial charge in [0.2, 0.25) is 0 Å². The van der Waals surface area contributed by atoms with Crippen LogP contribution in [-0.2, 0) is 0 Å². The molecule has 1 amide bonds. The van der Waals surface area contributed by atoms with Gasteiger partial charge in [0.05, 0.1) is 13.2 Å². The zero-order valence-electron chi connectivity index (χ0n) is 14.2. The molecule has 2 aromatic carbocycles. The van der Waals surface area contributed by atoms with Gasteiger partial charge in [-0.3, -0.25) is 0 Å². The molecule has 1 aromatic heterocycles. The van der Waals surface area contributed by atoms with Crippen molar-refractivity contribution in [1.82, 2.24) is 9.97 Å². The van der Waals surface area contributed by atoms with Crippen LogP contribution < -0.4 is 26.3 Å². The van der Waals surface area contributed by atoms with Crippen LogP contribution in [0.4, 0.5) is 10.6 Å². The topological polar surface area (TPSA) is 125 Å². The third-order valence-corrected chi connectivity index (χ3v) is 3.88.